The van der Waals surface area contributed by atoms with Crippen LogP contribution in [0.25, 0.3) is 0 Å². The summed E-state index contributed by atoms with van der Waals surface area (Å²) in [4.78, 5) is 3.68. The summed E-state index contributed by atoms with van der Waals surface area (Å²) in [5, 5.41) is 0. The van der Waals surface area contributed by atoms with Crippen molar-refractivity contribution in [2.24, 2.45) is 23.7 Å². The van der Waals surface area contributed by atoms with Crippen molar-refractivity contribution in [1.82, 2.24) is 0 Å². The second kappa shape index (κ2) is 3.85. The lowest BCUT2D eigenvalue weighted by molar-refractivity contribution is 0.276. The highest BCUT2D eigenvalue weighted by molar-refractivity contribution is 8.79. The van der Waals surface area contributed by atoms with Gasteiger partial charge in [-0.25, -0.2) is 0 Å². The molecule has 0 amide bonds. The van der Waals surface area contributed by atoms with Crippen molar-refractivity contribution in [2.75, 3.05) is 0 Å². The van der Waals surface area contributed by atoms with Crippen molar-refractivity contribution in [3.63, 3.8) is 0 Å². The second-order valence-corrected chi connectivity index (χ2v) is 9.03. The molecule has 0 spiro atoms. The molecule has 4 bridgehead atoms. The van der Waals surface area contributed by atoms with Gasteiger partial charge in [-0.15, -0.1) is 0 Å². The molecule has 0 N–H and O–H groups in total. The van der Waals surface area contributed by atoms with Crippen molar-refractivity contribution in [3.8, 4) is 0 Å². The number of hydrogen-bond acceptors (Lipinski definition) is 2. The molecule has 1 heterocycles. The molecule has 0 nitrogen and oxygen atoms in total. The first-order valence-corrected chi connectivity index (χ1v) is 9.90. The maximum Gasteiger partial charge on any atom is 0.00303 e. The minimum atomic E-state index is 0.956. The van der Waals surface area contributed by atoms with Gasteiger partial charge in [0.1, 0.15) is 0 Å². The molecule has 2 heteroatoms. The summed E-state index contributed by atoms with van der Waals surface area (Å²) in [6, 6.07) is 0. The van der Waals surface area contributed by atoms with Crippen LogP contribution in [0.3, 0.4) is 0 Å². The van der Waals surface area contributed by atoms with E-state index < -0.39 is 0 Å². The second-order valence-electron chi connectivity index (χ2n) is 6.82. The standard InChI is InChI=1S/C16H20S2/c1-5-11-6-2-9(1)13-14-10-3-7-12(8-4-10)16(14)18-17-15(11)13/h9-12H,1-8H2. The average molecular weight is 276 g/mol. The lowest BCUT2D eigenvalue weighted by Gasteiger charge is -2.49. The van der Waals surface area contributed by atoms with Gasteiger partial charge in [-0.1, -0.05) is 21.6 Å². The first-order valence-electron chi connectivity index (χ1n) is 7.75. The van der Waals surface area contributed by atoms with E-state index in [2.05, 4.69) is 21.6 Å². The Bertz CT molecular complexity index is 413. The predicted octanol–water partition coefficient (Wildman–Crippen LogP) is 5.53. The summed E-state index contributed by atoms with van der Waals surface area (Å²) >= 11 is 0. The highest BCUT2D eigenvalue weighted by Crippen LogP contribution is 2.65. The van der Waals surface area contributed by atoms with Gasteiger partial charge >= 0.3 is 0 Å². The number of fused-ring (bicyclic) bond motifs is 4. The molecule has 2 saturated carbocycles. The third-order valence-electron chi connectivity index (χ3n) is 6.05. The molecule has 6 aliphatic carbocycles. The van der Waals surface area contributed by atoms with Crippen molar-refractivity contribution in [2.45, 2.75) is 51.4 Å². The summed E-state index contributed by atoms with van der Waals surface area (Å²) in [5.74, 6) is 3.83. The fourth-order valence-electron chi connectivity index (χ4n) is 5.15. The molecule has 1 aliphatic heterocycles. The molecule has 0 radical (unpaired) electrons. The molecular formula is C16H20S2. The molecule has 18 heavy (non-hydrogen) atoms. The van der Waals surface area contributed by atoms with E-state index in [1.807, 2.05) is 21.0 Å². The maximum absolute atomic E-state index is 2.17. The normalized spacial score (nSPS) is 45.3. The Kier molecular flexibility index (Phi) is 2.33. The summed E-state index contributed by atoms with van der Waals surface area (Å²) in [6.07, 6.45) is 12.0. The van der Waals surface area contributed by atoms with Gasteiger partial charge in [-0.3, -0.25) is 0 Å². The summed E-state index contributed by atoms with van der Waals surface area (Å²) < 4.78 is 0. The molecule has 2 fully saturated rings. The van der Waals surface area contributed by atoms with Gasteiger partial charge in [0.25, 0.3) is 0 Å². The van der Waals surface area contributed by atoms with Gasteiger partial charge in [0.15, 0.2) is 0 Å². The van der Waals surface area contributed by atoms with E-state index in [0.717, 1.165) is 23.7 Å². The van der Waals surface area contributed by atoms with Crippen molar-refractivity contribution in [3.05, 3.63) is 21.0 Å². The van der Waals surface area contributed by atoms with Gasteiger partial charge < -0.3 is 0 Å². The van der Waals surface area contributed by atoms with Crippen LogP contribution in [0.5, 0.6) is 0 Å². The minimum absolute atomic E-state index is 0.956. The van der Waals surface area contributed by atoms with Gasteiger partial charge in [0, 0.05) is 9.81 Å². The molecule has 0 saturated heterocycles. The Morgan fingerprint density at radius 2 is 0.833 bits per heavy atom. The molecular weight excluding hydrogens is 256 g/mol. The first kappa shape index (κ1) is 10.9. The van der Waals surface area contributed by atoms with E-state index in [1.54, 1.807) is 0 Å². The highest BCUT2D eigenvalue weighted by atomic mass is 33.1. The maximum atomic E-state index is 2.17. The zero-order valence-electron chi connectivity index (χ0n) is 10.8. The van der Waals surface area contributed by atoms with Gasteiger partial charge in [-0.2, -0.15) is 0 Å². The Morgan fingerprint density at radius 3 is 1.22 bits per heavy atom. The highest BCUT2D eigenvalue weighted by Gasteiger charge is 2.46. The quantitative estimate of drug-likeness (QED) is 0.534. The summed E-state index contributed by atoms with van der Waals surface area (Å²) in [7, 11) is 4.35. The zero-order chi connectivity index (χ0) is 11.7. The average Bonchev–Trinajstić information content (AvgIpc) is 2.49. The fourth-order valence-corrected chi connectivity index (χ4v) is 8.70. The summed E-state index contributed by atoms with van der Waals surface area (Å²) in [6.45, 7) is 0. The molecule has 7 rings (SSSR count). The van der Waals surface area contributed by atoms with Crippen LogP contribution in [0, 0.1) is 23.7 Å². The molecule has 0 unspecified atom stereocenters. The Labute approximate surface area is 117 Å². The number of rotatable bonds is 0. The predicted molar refractivity (Wildman–Crippen MR) is 80.1 cm³/mol. The molecule has 96 valence electrons. The van der Waals surface area contributed by atoms with Crippen LogP contribution in [0.1, 0.15) is 51.4 Å². The minimum Gasteiger partial charge on any atom is -0.0567 e. The third kappa shape index (κ3) is 1.32. The van der Waals surface area contributed by atoms with Crippen LogP contribution < -0.4 is 0 Å². The smallest absolute Gasteiger partial charge is 0.00303 e. The lowest BCUT2D eigenvalue weighted by Crippen LogP contribution is -2.34. The zero-order valence-corrected chi connectivity index (χ0v) is 12.4. The van der Waals surface area contributed by atoms with Crippen molar-refractivity contribution < 1.29 is 0 Å². The molecule has 0 atom stereocenters. The summed E-state index contributed by atoms with van der Waals surface area (Å²) in [5.41, 5.74) is 3.82. The Balaban J connectivity index is 1.70. The number of hydrogen-bond donors (Lipinski definition) is 0. The monoisotopic (exact) mass is 276 g/mol. The van der Waals surface area contributed by atoms with E-state index >= 15 is 0 Å². The molecule has 7 aliphatic rings. The molecule has 0 aromatic rings. The molecule has 0 aromatic carbocycles. The lowest BCUT2D eigenvalue weighted by atomic mass is 9.62. The van der Waals surface area contributed by atoms with E-state index in [4.69, 9.17) is 0 Å². The topological polar surface area (TPSA) is 0 Å². The van der Waals surface area contributed by atoms with Gasteiger partial charge in [0.2, 0.25) is 0 Å². The Hall–Kier alpha value is 0.180. The molecule has 0 aromatic heterocycles. The van der Waals surface area contributed by atoms with Crippen LogP contribution >= 0.6 is 21.6 Å². The van der Waals surface area contributed by atoms with E-state index in [0.29, 0.717) is 0 Å². The number of allylic oxidation sites excluding steroid dienone is 4. The Morgan fingerprint density at radius 1 is 0.500 bits per heavy atom. The van der Waals surface area contributed by atoms with Crippen molar-refractivity contribution in [1.29, 1.82) is 0 Å². The van der Waals surface area contributed by atoms with E-state index in [-0.39, 0.29) is 0 Å². The van der Waals surface area contributed by atoms with Crippen LogP contribution in [0.15, 0.2) is 21.0 Å². The SMILES string of the molecule is C1CC2CCC1C1=C2C2=C(SS1)C1CCC2CC1. The largest absolute Gasteiger partial charge is 0.0567 e. The third-order valence-corrected chi connectivity index (χ3v) is 8.93. The van der Waals surface area contributed by atoms with Gasteiger partial charge in [0.05, 0.1) is 0 Å². The van der Waals surface area contributed by atoms with E-state index in [9.17, 15) is 0 Å². The van der Waals surface area contributed by atoms with E-state index in [1.165, 1.54) is 51.4 Å². The van der Waals surface area contributed by atoms with Crippen LogP contribution in [0.4, 0.5) is 0 Å². The fraction of sp³-hybridized carbons (Fsp3) is 0.750. The first-order chi connectivity index (χ1) is 8.92. The van der Waals surface area contributed by atoms with Crippen LogP contribution in [-0.4, -0.2) is 0 Å². The van der Waals surface area contributed by atoms with Gasteiger partial charge in [-0.05, 0) is 86.2 Å². The van der Waals surface area contributed by atoms with Crippen LogP contribution in [0.2, 0.25) is 0 Å². The van der Waals surface area contributed by atoms with Crippen molar-refractivity contribution >= 4 is 21.6 Å². The van der Waals surface area contributed by atoms with Crippen LogP contribution in [-0.2, 0) is 0 Å².